The Kier molecular flexibility index (Phi) is 5.52. The number of nitrogens with zero attached hydrogens (tertiary/aromatic N) is 2. The number of hydrogen-bond donors (Lipinski definition) is 2. The molecule has 0 atom stereocenters. The quantitative estimate of drug-likeness (QED) is 0.564. The Labute approximate surface area is 179 Å². The molecule has 4 rings (SSSR count). The van der Waals surface area contributed by atoms with Gasteiger partial charge in [-0.05, 0) is 30.7 Å². The van der Waals surface area contributed by atoms with Gasteiger partial charge in [-0.15, -0.1) is 11.3 Å². The summed E-state index contributed by atoms with van der Waals surface area (Å²) in [6, 6.07) is 15.1. The monoisotopic (exact) mass is 448 g/mol. The number of hydrogen-bond acceptors (Lipinski definition) is 6. The second kappa shape index (κ2) is 7.95. The first kappa shape index (κ1) is 20.2. The zero-order valence-corrected chi connectivity index (χ0v) is 18.2. The molecule has 0 saturated carbocycles. The van der Waals surface area contributed by atoms with Gasteiger partial charge in [0.05, 0.1) is 21.1 Å². The minimum Gasteiger partial charge on any atom is -0.376 e. The number of halogens is 1. The number of aromatic nitrogens is 1. The van der Waals surface area contributed by atoms with Gasteiger partial charge in [-0.3, -0.25) is 9.62 Å². The SMILES string of the molecule is CC1(Nc2ccc(S(=O)(=O)Nc3nccs3)cc2Cl)CN(Cc2ccccc2)C1. The van der Waals surface area contributed by atoms with Gasteiger partial charge >= 0.3 is 0 Å². The molecule has 2 aromatic carbocycles. The summed E-state index contributed by atoms with van der Waals surface area (Å²) in [5.74, 6) is 0. The highest BCUT2D eigenvalue weighted by atomic mass is 35.5. The molecule has 0 aliphatic carbocycles. The number of anilines is 2. The maximum Gasteiger partial charge on any atom is 0.263 e. The van der Waals surface area contributed by atoms with E-state index in [4.69, 9.17) is 11.6 Å². The lowest BCUT2D eigenvalue weighted by atomic mass is 9.91. The third-order valence-corrected chi connectivity index (χ3v) is 7.20. The molecule has 0 unspecified atom stereocenters. The summed E-state index contributed by atoms with van der Waals surface area (Å²) < 4.78 is 27.5. The molecule has 0 radical (unpaired) electrons. The fraction of sp³-hybridized carbons (Fsp3) is 0.250. The van der Waals surface area contributed by atoms with Crippen molar-refractivity contribution < 1.29 is 8.42 Å². The van der Waals surface area contributed by atoms with Crippen LogP contribution in [0.15, 0.2) is 65.0 Å². The second-order valence-corrected chi connectivity index (χ2v) is 10.4. The van der Waals surface area contributed by atoms with Crippen LogP contribution in [0.25, 0.3) is 0 Å². The van der Waals surface area contributed by atoms with E-state index in [0.29, 0.717) is 10.2 Å². The summed E-state index contributed by atoms with van der Waals surface area (Å²) in [7, 11) is -3.72. The molecule has 0 spiro atoms. The molecule has 2 N–H and O–H groups in total. The van der Waals surface area contributed by atoms with Crippen LogP contribution in [-0.2, 0) is 16.6 Å². The minimum absolute atomic E-state index is 0.104. The van der Waals surface area contributed by atoms with Crippen LogP contribution in [-0.4, -0.2) is 36.9 Å². The Hall–Kier alpha value is -2.13. The fourth-order valence-electron chi connectivity index (χ4n) is 3.51. The van der Waals surface area contributed by atoms with Crippen molar-refractivity contribution in [3.8, 4) is 0 Å². The highest BCUT2D eigenvalue weighted by molar-refractivity contribution is 7.93. The first-order chi connectivity index (χ1) is 13.8. The average Bonchev–Trinajstić information content (AvgIpc) is 3.15. The standard InChI is InChI=1S/C20H21ClN4O2S2/c1-20(13-25(14-20)12-15-5-3-2-4-6-15)23-18-8-7-16(11-17(18)21)29(26,27)24-19-22-9-10-28-19/h2-11,23H,12-14H2,1H3,(H,22,24). The van der Waals surface area contributed by atoms with Gasteiger partial charge < -0.3 is 5.32 Å². The van der Waals surface area contributed by atoms with Crippen LogP contribution < -0.4 is 10.0 Å². The minimum atomic E-state index is -3.72. The molecule has 0 bridgehead atoms. The summed E-state index contributed by atoms with van der Waals surface area (Å²) in [6.07, 6.45) is 1.54. The highest BCUT2D eigenvalue weighted by Gasteiger charge is 2.38. The second-order valence-electron chi connectivity index (χ2n) is 7.40. The van der Waals surface area contributed by atoms with E-state index in [1.807, 2.05) is 18.2 Å². The topological polar surface area (TPSA) is 74.3 Å². The van der Waals surface area contributed by atoms with Gasteiger partial charge in [0, 0.05) is 31.2 Å². The summed E-state index contributed by atoms with van der Waals surface area (Å²) >= 11 is 7.61. The van der Waals surface area contributed by atoms with E-state index in [1.54, 1.807) is 23.7 Å². The summed E-state index contributed by atoms with van der Waals surface area (Å²) in [4.78, 5) is 6.41. The molecule has 29 heavy (non-hydrogen) atoms. The van der Waals surface area contributed by atoms with Crippen molar-refractivity contribution in [3.63, 3.8) is 0 Å². The van der Waals surface area contributed by atoms with E-state index in [-0.39, 0.29) is 10.4 Å². The number of rotatable bonds is 7. The Bertz CT molecular complexity index is 1080. The molecular formula is C20H21ClN4O2S2. The van der Waals surface area contributed by atoms with Gasteiger partial charge in [0.1, 0.15) is 0 Å². The van der Waals surface area contributed by atoms with Crippen LogP contribution in [0.3, 0.4) is 0 Å². The van der Waals surface area contributed by atoms with E-state index in [0.717, 1.165) is 25.3 Å². The van der Waals surface area contributed by atoms with Crippen molar-refractivity contribution in [2.24, 2.45) is 0 Å². The summed E-state index contributed by atoms with van der Waals surface area (Å²) in [6.45, 7) is 4.80. The number of benzene rings is 2. The molecule has 1 aliphatic rings. The van der Waals surface area contributed by atoms with E-state index in [9.17, 15) is 8.42 Å². The first-order valence-corrected chi connectivity index (χ1v) is 11.8. The van der Waals surface area contributed by atoms with Crippen LogP contribution in [0, 0.1) is 0 Å². The predicted molar refractivity (Wildman–Crippen MR) is 118 cm³/mol. The van der Waals surface area contributed by atoms with Crippen molar-refractivity contribution in [1.29, 1.82) is 0 Å². The van der Waals surface area contributed by atoms with Crippen LogP contribution in [0.4, 0.5) is 10.8 Å². The first-order valence-electron chi connectivity index (χ1n) is 9.09. The van der Waals surface area contributed by atoms with E-state index in [2.05, 4.69) is 39.0 Å². The predicted octanol–water partition coefficient (Wildman–Crippen LogP) is 4.28. The Morgan fingerprint density at radius 2 is 1.97 bits per heavy atom. The highest BCUT2D eigenvalue weighted by Crippen LogP contribution is 2.32. The van der Waals surface area contributed by atoms with Gasteiger partial charge in [-0.1, -0.05) is 41.9 Å². The number of likely N-dealkylation sites (tertiary alicyclic amines) is 1. The fourth-order valence-corrected chi connectivity index (χ4v) is 5.62. The zero-order chi connectivity index (χ0) is 20.5. The molecule has 6 nitrogen and oxygen atoms in total. The van der Waals surface area contributed by atoms with Crippen molar-refractivity contribution in [3.05, 3.63) is 70.7 Å². The molecule has 152 valence electrons. The van der Waals surface area contributed by atoms with E-state index < -0.39 is 10.0 Å². The van der Waals surface area contributed by atoms with Crippen LogP contribution in [0.2, 0.25) is 5.02 Å². The Morgan fingerprint density at radius 1 is 1.21 bits per heavy atom. The summed E-state index contributed by atoms with van der Waals surface area (Å²) in [5, 5.41) is 5.86. The van der Waals surface area contributed by atoms with Gasteiger partial charge in [0.15, 0.2) is 5.13 Å². The van der Waals surface area contributed by atoms with Crippen molar-refractivity contribution in [2.45, 2.75) is 23.9 Å². The van der Waals surface area contributed by atoms with Crippen LogP contribution in [0.5, 0.6) is 0 Å². The molecule has 1 fully saturated rings. The lowest BCUT2D eigenvalue weighted by molar-refractivity contribution is 0.0906. The average molecular weight is 449 g/mol. The lowest BCUT2D eigenvalue weighted by Gasteiger charge is -2.49. The number of thiazole rings is 1. The zero-order valence-electron chi connectivity index (χ0n) is 15.8. The van der Waals surface area contributed by atoms with Gasteiger partial charge in [0.25, 0.3) is 10.0 Å². The van der Waals surface area contributed by atoms with E-state index in [1.165, 1.54) is 23.0 Å². The lowest BCUT2D eigenvalue weighted by Crippen LogP contribution is -2.63. The van der Waals surface area contributed by atoms with Crippen molar-refractivity contribution in [2.75, 3.05) is 23.1 Å². The third-order valence-electron chi connectivity index (χ3n) is 4.74. The van der Waals surface area contributed by atoms with Crippen LogP contribution in [0.1, 0.15) is 12.5 Å². The summed E-state index contributed by atoms with van der Waals surface area (Å²) in [5.41, 5.74) is 1.90. The molecule has 0 amide bonds. The van der Waals surface area contributed by atoms with Crippen molar-refractivity contribution in [1.82, 2.24) is 9.88 Å². The van der Waals surface area contributed by atoms with Crippen molar-refractivity contribution >= 4 is 43.8 Å². The molecule has 9 heteroatoms. The third kappa shape index (κ3) is 4.72. The molecule has 1 saturated heterocycles. The number of sulfonamides is 1. The Balaban J connectivity index is 1.40. The normalized spacial score (nSPS) is 16.2. The molecule has 2 heterocycles. The van der Waals surface area contributed by atoms with E-state index >= 15 is 0 Å². The smallest absolute Gasteiger partial charge is 0.263 e. The molecule has 1 aromatic heterocycles. The Morgan fingerprint density at radius 3 is 2.62 bits per heavy atom. The van der Waals surface area contributed by atoms with Gasteiger partial charge in [-0.2, -0.15) is 0 Å². The molecular weight excluding hydrogens is 428 g/mol. The van der Waals surface area contributed by atoms with Gasteiger partial charge in [0.2, 0.25) is 0 Å². The maximum absolute atomic E-state index is 12.5. The maximum atomic E-state index is 12.5. The molecule has 3 aromatic rings. The molecule has 1 aliphatic heterocycles. The van der Waals surface area contributed by atoms with Gasteiger partial charge in [-0.25, -0.2) is 13.4 Å². The largest absolute Gasteiger partial charge is 0.376 e. The number of nitrogens with one attached hydrogen (secondary N) is 2. The van der Waals surface area contributed by atoms with Crippen LogP contribution >= 0.6 is 22.9 Å².